The van der Waals surface area contributed by atoms with Gasteiger partial charge in [0.1, 0.15) is 11.5 Å². The van der Waals surface area contributed by atoms with Crippen LogP contribution in [-0.2, 0) is 4.79 Å². The second-order valence-electron chi connectivity index (χ2n) is 5.67. The molecule has 0 bridgehead atoms. The van der Waals surface area contributed by atoms with Crippen LogP contribution in [0.25, 0.3) is 10.6 Å². The van der Waals surface area contributed by atoms with Gasteiger partial charge >= 0.3 is 0 Å². The van der Waals surface area contributed by atoms with Crippen LogP contribution in [0.15, 0.2) is 28.7 Å². The molecule has 0 spiro atoms. The van der Waals surface area contributed by atoms with Crippen LogP contribution in [0.2, 0.25) is 0 Å². The maximum atomic E-state index is 12.1. The van der Waals surface area contributed by atoms with Crippen LogP contribution in [0.1, 0.15) is 34.7 Å². The Balaban J connectivity index is 1.50. The molecule has 2 amide bonds. The second-order valence-corrected chi connectivity index (χ2v) is 6.75. The van der Waals surface area contributed by atoms with E-state index < -0.39 is 0 Å². The molecule has 0 aliphatic carbocycles. The first kappa shape index (κ1) is 15.8. The summed E-state index contributed by atoms with van der Waals surface area (Å²) in [5.74, 6) is 1.61. The fourth-order valence-corrected chi connectivity index (χ4v) is 3.54. The molecule has 2 aromatic heterocycles. The molecule has 1 aliphatic rings. The van der Waals surface area contributed by atoms with Crippen molar-refractivity contribution in [2.45, 2.75) is 26.2 Å². The zero-order valence-corrected chi connectivity index (χ0v) is 13.9. The molecule has 2 aromatic rings. The number of hydrogen-bond acceptors (Lipinski definition) is 4. The number of hydrogen-bond donors (Lipinski definition) is 1. The van der Waals surface area contributed by atoms with Crippen molar-refractivity contribution in [1.82, 2.24) is 10.2 Å². The number of nitrogens with one attached hydrogen (secondary N) is 1. The SMILES string of the molecule is Cc1ccc(-c2ccc(C(=O)NCCC(=O)N3CCCC3)s2)o1. The number of carbonyl (C=O) groups is 2. The van der Waals surface area contributed by atoms with Crippen LogP contribution in [0.5, 0.6) is 0 Å². The van der Waals surface area contributed by atoms with Crippen molar-refractivity contribution in [3.05, 3.63) is 34.9 Å². The van der Waals surface area contributed by atoms with Gasteiger partial charge in [-0.15, -0.1) is 11.3 Å². The summed E-state index contributed by atoms with van der Waals surface area (Å²) in [5, 5.41) is 2.82. The van der Waals surface area contributed by atoms with Gasteiger partial charge in [0.2, 0.25) is 5.91 Å². The molecule has 6 heteroatoms. The lowest BCUT2D eigenvalue weighted by Gasteiger charge is -2.14. The highest BCUT2D eigenvalue weighted by atomic mass is 32.1. The Morgan fingerprint density at radius 1 is 1.22 bits per heavy atom. The predicted octanol–water partition coefficient (Wildman–Crippen LogP) is 3.06. The fourth-order valence-electron chi connectivity index (χ4n) is 2.65. The number of furan rings is 1. The molecule has 0 atom stereocenters. The normalized spacial score (nSPS) is 14.2. The van der Waals surface area contributed by atoms with E-state index in [1.54, 1.807) is 6.07 Å². The van der Waals surface area contributed by atoms with Crippen molar-refractivity contribution in [3.8, 4) is 10.6 Å². The number of amides is 2. The van der Waals surface area contributed by atoms with Gasteiger partial charge < -0.3 is 14.6 Å². The van der Waals surface area contributed by atoms with E-state index in [1.807, 2.05) is 30.0 Å². The molecular weight excluding hydrogens is 312 g/mol. The van der Waals surface area contributed by atoms with Crippen LogP contribution in [-0.4, -0.2) is 36.3 Å². The van der Waals surface area contributed by atoms with Crippen molar-refractivity contribution in [1.29, 1.82) is 0 Å². The summed E-state index contributed by atoms with van der Waals surface area (Å²) in [6.07, 6.45) is 2.53. The molecule has 1 fully saturated rings. The first-order valence-corrected chi connectivity index (χ1v) is 8.68. The lowest BCUT2D eigenvalue weighted by atomic mass is 10.3. The topological polar surface area (TPSA) is 62.6 Å². The predicted molar refractivity (Wildman–Crippen MR) is 89.5 cm³/mol. The number of nitrogens with zero attached hydrogens (tertiary/aromatic N) is 1. The fraction of sp³-hybridized carbons (Fsp3) is 0.412. The average molecular weight is 332 g/mol. The smallest absolute Gasteiger partial charge is 0.261 e. The Morgan fingerprint density at radius 2 is 2.00 bits per heavy atom. The minimum atomic E-state index is -0.140. The van der Waals surface area contributed by atoms with E-state index in [2.05, 4.69) is 5.32 Å². The highest BCUT2D eigenvalue weighted by Crippen LogP contribution is 2.29. The second kappa shape index (κ2) is 7.00. The molecule has 1 aliphatic heterocycles. The van der Waals surface area contributed by atoms with Gasteiger partial charge in [0.25, 0.3) is 5.91 Å². The van der Waals surface area contributed by atoms with E-state index >= 15 is 0 Å². The van der Waals surface area contributed by atoms with Gasteiger partial charge in [-0.05, 0) is 44.0 Å². The number of likely N-dealkylation sites (tertiary alicyclic amines) is 1. The third-order valence-corrected chi connectivity index (χ3v) is 4.99. The zero-order chi connectivity index (χ0) is 16.2. The van der Waals surface area contributed by atoms with Crippen molar-refractivity contribution < 1.29 is 14.0 Å². The van der Waals surface area contributed by atoms with E-state index in [0.717, 1.165) is 42.3 Å². The average Bonchev–Trinajstić information content (AvgIpc) is 3.27. The van der Waals surface area contributed by atoms with E-state index in [4.69, 9.17) is 4.42 Å². The van der Waals surface area contributed by atoms with Gasteiger partial charge in [0.15, 0.2) is 0 Å². The highest BCUT2D eigenvalue weighted by Gasteiger charge is 2.18. The number of carbonyl (C=O) groups excluding carboxylic acids is 2. The molecule has 23 heavy (non-hydrogen) atoms. The van der Waals surface area contributed by atoms with E-state index in [9.17, 15) is 9.59 Å². The largest absolute Gasteiger partial charge is 0.461 e. The third-order valence-electron chi connectivity index (χ3n) is 3.90. The summed E-state index contributed by atoms with van der Waals surface area (Å²) in [7, 11) is 0. The Morgan fingerprint density at radius 3 is 2.70 bits per heavy atom. The van der Waals surface area contributed by atoms with Gasteiger partial charge in [-0.2, -0.15) is 0 Å². The van der Waals surface area contributed by atoms with E-state index in [0.29, 0.717) is 17.8 Å². The molecule has 0 unspecified atom stereocenters. The standard InChI is InChI=1S/C17H20N2O3S/c1-12-4-5-13(22-12)14-6-7-15(23-14)17(21)18-9-8-16(20)19-10-2-3-11-19/h4-7H,2-3,8-11H2,1H3,(H,18,21). The first-order chi connectivity index (χ1) is 11.1. The monoisotopic (exact) mass is 332 g/mol. The van der Waals surface area contributed by atoms with Gasteiger partial charge in [-0.1, -0.05) is 0 Å². The van der Waals surface area contributed by atoms with Gasteiger partial charge in [-0.3, -0.25) is 9.59 Å². The number of rotatable bonds is 5. The van der Waals surface area contributed by atoms with Crippen molar-refractivity contribution in [2.24, 2.45) is 0 Å². The summed E-state index contributed by atoms with van der Waals surface area (Å²) in [4.78, 5) is 27.5. The number of thiophene rings is 1. The maximum Gasteiger partial charge on any atom is 0.261 e. The quantitative estimate of drug-likeness (QED) is 0.915. The van der Waals surface area contributed by atoms with Gasteiger partial charge in [0, 0.05) is 26.1 Å². The Kier molecular flexibility index (Phi) is 4.81. The lowest BCUT2D eigenvalue weighted by molar-refractivity contribution is -0.129. The first-order valence-electron chi connectivity index (χ1n) is 7.86. The number of aryl methyl sites for hydroxylation is 1. The Bertz CT molecular complexity index is 698. The van der Waals surface area contributed by atoms with Crippen LogP contribution in [0, 0.1) is 6.92 Å². The van der Waals surface area contributed by atoms with Crippen molar-refractivity contribution in [3.63, 3.8) is 0 Å². The summed E-state index contributed by atoms with van der Waals surface area (Å²) in [6.45, 7) is 3.97. The summed E-state index contributed by atoms with van der Waals surface area (Å²) in [5.41, 5.74) is 0. The minimum absolute atomic E-state index is 0.126. The van der Waals surface area contributed by atoms with Crippen LogP contribution in [0.3, 0.4) is 0 Å². The molecule has 0 saturated carbocycles. The summed E-state index contributed by atoms with van der Waals surface area (Å²) < 4.78 is 5.56. The van der Waals surface area contributed by atoms with Crippen molar-refractivity contribution in [2.75, 3.05) is 19.6 Å². The van der Waals surface area contributed by atoms with Crippen LogP contribution >= 0.6 is 11.3 Å². The molecule has 3 heterocycles. The lowest BCUT2D eigenvalue weighted by Crippen LogP contribution is -2.32. The minimum Gasteiger partial charge on any atom is -0.461 e. The maximum absolute atomic E-state index is 12.1. The van der Waals surface area contributed by atoms with Gasteiger partial charge in [-0.25, -0.2) is 0 Å². The van der Waals surface area contributed by atoms with E-state index in [-0.39, 0.29) is 11.8 Å². The third kappa shape index (κ3) is 3.82. The van der Waals surface area contributed by atoms with Crippen molar-refractivity contribution >= 4 is 23.2 Å². The zero-order valence-electron chi connectivity index (χ0n) is 13.1. The molecule has 0 aromatic carbocycles. The molecule has 0 radical (unpaired) electrons. The molecule has 1 N–H and O–H groups in total. The summed E-state index contributed by atoms with van der Waals surface area (Å²) >= 11 is 1.39. The molecule has 5 nitrogen and oxygen atoms in total. The van der Waals surface area contributed by atoms with Gasteiger partial charge in [0.05, 0.1) is 9.75 Å². The highest BCUT2D eigenvalue weighted by molar-refractivity contribution is 7.17. The molecule has 122 valence electrons. The van der Waals surface area contributed by atoms with E-state index in [1.165, 1.54) is 11.3 Å². The molecule has 1 saturated heterocycles. The van der Waals surface area contributed by atoms with Crippen LogP contribution < -0.4 is 5.32 Å². The Labute approximate surface area is 139 Å². The molecular formula is C17H20N2O3S. The summed E-state index contributed by atoms with van der Waals surface area (Å²) in [6, 6.07) is 7.47. The van der Waals surface area contributed by atoms with Crippen LogP contribution in [0.4, 0.5) is 0 Å². The Hall–Kier alpha value is -2.08. The molecule has 3 rings (SSSR count).